The lowest BCUT2D eigenvalue weighted by Gasteiger charge is -2.38. The molecule has 0 unspecified atom stereocenters. The van der Waals surface area contributed by atoms with Gasteiger partial charge in [0.15, 0.2) is 0 Å². The molecule has 0 bridgehead atoms. The fourth-order valence-corrected chi connectivity index (χ4v) is 7.76. The number of amides is 1. The molecule has 1 fully saturated rings. The van der Waals surface area contributed by atoms with Crippen molar-refractivity contribution in [1.29, 1.82) is 0 Å². The summed E-state index contributed by atoms with van der Waals surface area (Å²) in [6.45, 7) is 3.95. The van der Waals surface area contributed by atoms with E-state index in [0.29, 0.717) is 55.2 Å². The van der Waals surface area contributed by atoms with Crippen molar-refractivity contribution in [3.05, 3.63) is 92.4 Å². The maximum absolute atomic E-state index is 13.6. The third kappa shape index (κ3) is 9.59. The van der Waals surface area contributed by atoms with Crippen molar-refractivity contribution in [2.45, 2.75) is 38.5 Å². The molecule has 3 aromatic carbocycles. The molecule has 0 spiro atoms. The van der Waals surface area contributed by atoms with E-state index >= 15 is 0 Å². The second-order valence-electron chi connectivity index (χ2n) is 9.84. The number of hydrogen-bond donors (Lipinski definition) is 6. The number of nitrogens with one attached hydrogen (secondary N) is 3. The normalized spacial score (nSPS) is 16.4. The molecular formula is C29H37Br2ClN4O4S. The first-order chi connectivity index (χ1) is 19.1. The summed E-state index contributed by atoms with van der Waals surface area (Å²) < 4.78 is 24.6. The van der Waals surface area contributed by atoms with Gasteiger partial charge in [-0.1, -0.05) is 62.2 Å². The van der Waals surface area contributed by atoms with Gasteiger partial charge >= 0.3 is 0 Å². The first kappa shape index (κ1) is 33.7. The highest BCUT2D eigenvalue weighted by atomic mass is 79.9. The zero-order chi connectivity index (χ0) is 28.7. The number of halogens is 3. The van der Waals surface area contributed by atoms with E-state index in [2.05, 4.69) is 47.8 Å². The zero-order valence-corrected chi connectivity index (χ0v) is 27.5. The van der Waals surface area contributed by atoms with Gasteiger partial charge in [-0.15, -0.1) is 23.2 Å². The van der Waals surface area contributed by atoms with Crippen LogP contribution in [0.1, 0.15) is 34.8 Å². The Bertz CT molecular complexity index is 1280. The van der Waals surface area contributed by atoms with Crippen molar-refractivity contribution in [3.63, 3.8) is 0 Å². The lowest BCUT2D eigenvalue weighted by molar-refractivity contribution is 0.0830. The molecule has 1 aliphatic heterocycles. The monoisotopic (exact) mass is 730 g/mol. The van der Waals surface area contributed by atoms with Gasteiger partial charge in [0.25, 0.3) is 5.91 Å². The average molecular weight is 733 g/mol. The van der Waals surface area contributed by atoms with Gasteiger partial charge in [-0.2, -0.15) is 0 Å². The number of rotatable bonds is 12. The number of benzene rings is 3. The minimum Gasteiger partial charge on any atom is -0.390 e. The van der Waals surface area contributed by atoms with E-state index in [1.807, 2.05) is 61.5 Å². The fraction of sp³-hybridized carbons (Fsp3) is 0.345. The third-order valence-corrected chi connectivity index (χ3v) is 9.52. The largest absolute Gasteiger partial charge is 0.390 e. The van der Waals surface area contributed by atoms with Crippen LogP contribution in [0.3, 0.4) is 0 Å². The molecule has 4 rings (SSSR count). The van der Waals surface area contributed by atoms with E-state index in [1.54, 1.807) is 16.4 Å². The summed E-state index contributed by atoms with van der Waals surface area (Å²) >= 11 is 7.00. The Kier molecular flexibility index (Phi) is 12.8. The summed E-state index contributed by atoms with van der Waals surface area (Å²) in [7, 11) is -2.91. The van der Waals surface area contributed by atoms with Crippen LogP contribution in [0.2, 0.25) is 0 Å². The van der Waals surface area contributed by atoms with Crippen molar-refractivity contribution >= 4 is 72.3 Å². The van der Waals surface area contributed by atoms with E-state index in [-0.39, 0.29) is 24.9 Å². The molecular weight excluding hydrogens is 696 g/mol. The number of carbonyl (C=O) groups excluding carboxylic acids is 1. The Morgan fingerprint density at radius 2 is 1.73 bits per heavy atom. The molecule has 6 N–H and O–H groups in total. The maximum Gasteiger partial charge on any atom is 0.251 e. The number of hydrogen-bond acceptors (Lipinski definition) is 7. The molecule has 1 heterocycles. The summed E-state index contributed by atoms with van der Waals surface area (Å²) in [6, 6.07) is 20.4. The van der Waals surface area contributed by atoms with Crippen LogP contribution in [0.5, 0.6) is 0 Å². The van der Waals surface area contributed by atoms with Crippen molar-refractivity contribution in [2.24, 2.45) is 0 Å². The average Bonchev–Trinajstić information content (AvgIpc) is 3.27. The molecule has 2 atom stereocenters. The standard InChI is InChI=1S/C29H36Br2N4O4S.ClH/c1-2-33-25-14-22(15-26(17-25)35-9-6-10-40(35,38)39)29(37)34-27(13-20-7-4-3-5-8-20)28(36)19-32-18-21-11-23(30)16-24(31)12-21;/h3-5,7-8,11-12,14-17,27-28,32-33,36,38-39H,2,6,9-10,13,18-19H2,1H3,(H,34,37);1H/t27-,28+;/m0./s1. The van der Waals surface area contributed by atoms with Gasteiger partial charge < -0.3 is 21.1 Å². The van der Waals surface area contributed by atoms with Crippen LogP contribution in [0.4, 0.5) is 11.4 Å². The molecule has 1 saturated heterocycles. The number of carbonyl (C=O) groups is 1. The van der Waals surface area contributed by atoms with E-state index < -0.39 is 22.9 Å². The highest BCUT2D eigenvalue weighted by molar-refractivity contribution is 9.11. The molecule has 224 valence electrons. The highest BCUT2D eigenvalue weighted by Crippen LogP contribution is 2.51. The molecule has 0 saturated carbocycles. The topological polar surface area (TPSA) is 117 Å². The molecule has 0 aromatic heterocycles. The Morgan fingerprint density at radius 1 is 1.02 bits per heavy atom. The molecule has 8 nitrogen and oxygen atoms in total. The lowest BCUT2D eigenvalue weighted by atomic mass is 10.00. The van der Waals surface area contributed by atoms with Gasteiger partial charge in [-0.3, -0.25) is 18.2 Å². The lowest BCUT2D eigenvalue weighted by Crippen LogP contribution is -2.48. The Balaban J connectivity index is 0.00000462. The molecule has 12 heteroatoms. The van der Waals surface area contributed by atoms with Crippen LogP contribution < -0.4 is 20.3 Å². The van der Waals surface area contributed by atoms with Gasteiger partial charge in [0.2, 0.25) is 0 Å². The smallest absolute Gasteiger partial charge is 0.251 e. The van der Waals surface area contributed by atoms with Gasteiger partial charge in [-0.05, 0) is 67.3 Å². The second-order valence-corrected chi connectivity index (χ2v) is 13.8. The molecule has 41 heavy (non-hydrogen) atoms. The zero-order valence-electron chi connectivity index (χ0n) is 22.7. The molecule has 0 aliphatic carbocycles. The minimum atomic E-state index is -2.91. The van der Waals surface area contributed by atoms with E-state index in [4.69, 9.17) is 0 Å². The van der Waals surface area contributed by atoms with Crippen molar-refractivity contribution in [2.75, 3.05) is 35.0 Å². The Hall–Kier alpha value is -1.83. The minimum absolute atomic E-state index is 0. The maximum atomic E-state index is 13.6. The van der Waals surface area contributed by atoms with Gasteiger partial charge in [-0.25, -0.2) is 0 Å². The Morgan fingerprint density at radius 3 is 2.37 bits per heavy atom. The predicted molar refractivity (Wildman–Crippen MR) is 178 cm³/mol. The van der Waals surface area contributed by atoms with E-state index in [9.17, 15) is 19.0 Å². The first-order valence-corrected chi connectivity index (χ1v) is 16.5. The number of aliphatic hydroxyl groups excluding tert-OH is 1. The van der Waals surface area contributed by atoms with Gasteiger partial charge in [0.1, 0.15) is 0 Å². The Labute approximate surface area is 266 Å². The molecule has 3 aromatic rings. The van der Waals surface area contributed by atoms with Crippen molar-refractivity contribution in [3.8, 4) is 0 Å². The number of anilines is 2. The SMILES string of the molecule is CCNc1cc(C(=O)N[C@@H](Cc2ccccc2)[C@H](O)CNCc2cc(Br)cc(Br)c2)cc(N2CCCS2(O)O)c1.Cl. The van der Waals surface area contributed by atoms with Crippen molar-refractivity contribution in [1.82, 2.24) is 10.6 Å². The van der Waals surface area contributed by atoms with E-state index in [0.717, 1.165) is 20.1 Å². The molecule has 1 aliphatic rings. The van der Waals surface area contributed by atoms with E-state index in [1.165, 1.54) is 0 Å². The van der Waals surface area contributed by atoms with Crippen molar-refractivity contribution < 1.29 is 19.0 Å². The summed E-state index contributed by atoms with van der Waals surface area (Å²) in [4.78, 5) is 13.6. The third-order valence-electron chi connectivity index (χ3n) is 6.67. The second kappa shape index (κ2) is 15.6. The predicted octanol–water partition coefficient (Wildman–Crippen LogP) is 6.43. The summed E-state index contributed by atoms with van der Waals surface area (Å²) in [5.74, 6) is -0.0255. The number of nitrogens with zero attached hydrogens (tertiary/aromatic N) is 1. The van der Waals surface area contributed by atoms with Crippen LogP contribution in [-0.4, -0.2) is 57.7 Å². The molecule has 1 amide bonds. The quantitative estimate of drug-likeness (QED) is 0.127. The first-order valence-electron chi connectivity index (χ1n) is 13.3. The van der Waals surface area contributed by atoms with Crippen LogP contribution in [0.25, 0.3) is 0 Å². The fourth-order valence-electron chi connectivity index (χ4n) is 4.77. The van der Waals surface area contributed by atoms with Crippen LogP contribution >= 0.6 is 55.0 Å². The van der Waals surface area contributed by atoms with Crippen LogP contribution in [-0.2, 0) is 13.0 Å². The summed E-state index contributed by atoms with van der Waals surface area (Å²) in [5, 5.41) is 20.8. The van der Waals surface area contributed by atoms with Crippen LogP contribution in [0.15, 0.2) is 75.7 Å². The summed E-state index contributed by atoms with van der Waals surface area (Å²) in [5.41, 5.74) is 3.73. The highest BCUT2D eigenvalue weighted by Gasteiger charge is 2.30. The number of aliphatic hydroxyl groups is 1. The summed E-state index contributed by atoms with van der Waals surface area (Å²) in [6.07, 6.45) is 0.260. The van der Waals surface area contributed by atoms with Gasteiger partial charge in [0, 0.05) is 46.4 Å². The molecule has 0 radical (unpaired) electrons. The van der Waals surface area contributed by atoms with Gasteiger partial charge in [0.05, 0.1) is 23.6 Å². The van der Waals surface area contributed by atoms with Crippen LogP contribution in [0, 0.1) is 0 Å².